The van der Waals surface area contributed by atoms with Crippen LogP contribution in [0.15, 0.2) is 60.2 Å². The minimum Gasteiger partial charge on any atom is -0.497 e. The van der Waals surface area contributed by atoms with Crippen LogP contribution in [-0.2, 0) is 0 Å². The summed E-state index contributed by atoms with van der Waals surface area (Å²) in [5.74, 6) is 1.39. The third-order valence-electron chi connectivity index (χ3n) is 3.22. The second-order valence-electron chi connectivity index (χ2n) is 4.97. The molecule has 0 atom stereocenters. The van der Waals surface area contributed by atoms with Crippen molar-refractivity contribution in [1.82, 2.24) is 5.43 Å². The largest absolute Gasteiger partial charge is 0.497 e. The summed E-state index contributed by atoms with van der Waals surface area (Å²) in [6, 6.07) is 12.2. The number of methoxy groups -OCH3 is 2. The fourth-order valence-electron chi connectivity index (χ4n) is 2.01. The van der Waals surface area contributed by atoms with Crippen molar-refractivity contribution in [3.05, 3.63) is 66.2 Å². The van der Waals surface area contributed by atoms with Gasteiger partial charge in [-0.25, -0.2) is 5.43 Å². The number of nitrogens with zero attached hydrogens (tertiary/aromatic N) is 1. The molecule has 130 valence electrons. The molecule has 0 radical (unpaired) electrons. The van der Waals surface area contributed by atoms with Gasteiger partial charge in [-0.2, -0.15) is 5.10 Å². The van der Waals surface area contributed by atoms with Crippen LogP contribution in [0.2, 0.25) is 0 Å². The fraction of sp³-hybridized carbons (Fsp3) is 0.158. The minimum absolute atomic E-state index is 0.368. The van der Waals surface area contributed by atoms with E-state index in [9.17, 15) is 4.79 Å². The first-order valence-corrected chi connectivity index (χ1v) is 7.56. The first-order valence-electron chi connectivity index (χ1n) is 7.56. The third-order valence-corrected chi connectivity index (χ3v) is 3.22. The third kappa shape index (κ3) is 5.39. The number of nitrogens with one attached hydrogen (secondary N) is 1. The van der Waals surface area contributed by atoms with E-state index in [0.29, 0.717) is 29.4 Å². The van der Waals surface area contributed by atoms with Crippen LogP contribution < -0.4 is 19.6 Å². The van der Waals surface area contributed by atoms with Crippen LogP contribution in [0.25, 0.3) is 0 Å². The number of hydrazone groups is 1. The van der Waals surface area contributed by atoms with E-state index in [1.165, 1.54) is 20.4 Å². The highest BCUT2D eigenvalue weighted by Gasteiger charge is 2.09. The Morgan fingerprint density at radius 3 is 2.48 bits per heavy atom. The summed E-state index contributed by atoms with van der Waals surface area (Å²) in [5.41, 5.74) is 3.66. The molecule has 0 heterocycles. The van der Waals surface area contributed by atoms with E-state index < -0.39 is 0 Å². The standard InChI is InChI=1S/C19H20N2O4/c1-4-8-25-16-7-5-6-14(9-16)13-20-21-19(22)15-10-17(23-2)12-18(11-15)24-3/h4-7,9-13H,1,8H2,2-3H3,(H,21,22)/b20-13+. The van der Waals surface area contributed by atoms with E-state index >= 15 is 0 Å². The molecule has 1 N–H and O–H groups in total. The highest BCUT2D eigenvalue weighted by molar-refractivity contribution is 5.95. The molecule has 0 aliphatic carbocycles. The second kappa shape index (κ2) is 9.12. The maximum Gasteiger partial charge on any atom is 0.271 e. The average Bonchev–Trinajstić information content (AvgIpc) is 2.66. The molecule has 1 amide bonds. The van der Waals surface area contributed by atoms with E-state index in [4.69, 9.17) is 14.2 Å². The molecule has 0 aliphatic rings. The van der Waals surface area contributed by atoms with E-state index in [0.717, 1.165) is 5.56 Å². The van der Waals surface area contributed by atoms with Crippen molar-refractivity contribution in [2.75, 3.05) is 20.8 Å². The minimum atomic E-state index is -0.368. The summed E-state index contributed by atoms with van der Waals surface area (Å²) in [5, 5.41) is 3.97. The van der Waals surface area contributed by atoms with Crippen LogP contribution in [0.5, 0.6) is 17.2 Å². The molecular weight excluding hydrogens is 320 g/mol. The predicted molar refractivity (Wildman–Crippen MR) is 96.7 cm³/mol. The Balaban J connectivity index is 2.04. The molecule has 0 aromatic heterocycles. The highest BCUT2D eigenvalue weighted by Crippen LogP contribution is 2.22. The van der Waals surface area contributed by atoms with Gasteiger partial charge in [0.15, 0.2) is 0 Å². The van der Waals surface area contributed by atoms with Gasteiger partial charge in [0, 0.05) is 11.6 Å². The molecule has 0 fully saturated rings. The summed E-state index contributed by atoms with van der Waals surface area (Å²) in [6.07, 6.45) is 3.21. The summed E-state index contributed by atoms with van der Waals surface area (Å²) in [7, 11) is 3.05. The Hall–Kier alpha value is -3.28. The summed E-state index contributed by atoms with van der Waals surface area (Å²) in [4.78, 5) is 12.2. The van der Waals surface area contributed by atoms with Gasteiger partial charge in [-0.15, -0.1) is 0 Å². The van der Waals surface area contributed by atoms with Crippen molar-refractivity contribution in [1.29, 1.82) is 0 Å². The summed E-state index contributed by atoms with van der Waals surface area (Å²) < 4.78 is 15.7. The lowest BCUT2D eigenvalue weighted by Crippen LogP contribution is -2.17. The zero-order chi connectivity index (χ0) is 18.1. The van der Waals surface area contributed by atoms with Gasteiger partial charge in [-0.3, -0.25) is 4.79 Å². The second-order valence-corrected chi connectivity index (χ2v) is 4.97. The lowest BCUT2D eigenvalue weighted by atomic mass is 10.2. The van der Waals surface area contributed by atoms with Gasteiger partial charge in [0.2, 0.25) is 0 Å². The molecule has 25 heavy (non-hydrogen) atoms. The van der Waals surface area contributed by atoms with Gasteiger partial charge in [0.05, 0.1) is 20.4 Å². The normalized spacial score (nSPS) is 10.3. The lowest BCUT2D eigenvalue weighted by Gasteiger charge is -2.07. The van der Waals surface area contributed by atoms with Crippen molar-refractivity contribution in [2.45, 2.75) is 0 Å². The van der Waals surface area contributed by atoms with Crippen LogP contribution >= 0.6 is 0 Å². The van der Waals surface area contributed by atoms with Gasteiger partial charge < -0.3 is 14.2 Å². The van der Waals surface area contributed by atoms with E-state index in [1.807, 2.05) is 24.3 Å². The Bertz CT molecular complexity index is 750. The van der Waals surface area contributed by atoms with Crippen LogP contribution in [0, 0.1) is 0 Å². The highest BCUT2D eigenvalue weighted by atomic mass is 16.5. The van der Waals surface area contributed by atoms with Crippen LogP contribution in [-0.4, -0.2) is 32.9 Å². The number of amides is 1. The molecule has 6 heteroatoms. The molecule has 0 unspecified atom stereocenters. The molecule has 2 rings (SSSR count). The fourth-order valence-corrected chi connectivity index (χ4v) is 2.01. The molecule has 0 aliphatic heterocycles. The molecule has 0 bridgehead atoms. The van der Waals surface area contributed by atoms with Gasteiger partial charge in [-0.1, -0.05) is 24.8 Å². The first kappa shape index (κ1) is 18.1. The number of carbonyl (C=O) groups excluding carboxylic acids is 1. The van der Waals surface area contributed by atoms with Gasteiger partial charge in [0.1, 0.15) is 23.9 Å². The van der Waals surface area contributed by atoms with Crippen molar-refractivity contribution < 1.29 is 19.0 Å². The zero-order valence-corrected chi connectivity index (χ0v) is 14.2. The maximum absolute atomic E-state index is 12.2. The Morgan fingerprint density at radius 1 is 1.12 bits per heavy atom. The Kier molecular flexibility index (Phi) is 6.59. The number of hydrogen-bond acceptors (Lipinski definition) is 5. The molecule has 0 saturated heterocycles. The number of rotatable bonds is 8. The quantitative estimate of drug-likeness (QED) is 0.456. The number of ether oxygens (including phenoxy) is 3. The van der Waals surface area contributed by atoms with Gasteiger partial charge in [0.25, 0.3) is 5.91 Å². The van der Waals surface area contributed by atoms with Crippen molar-refractivity contribution >= 4 is 12.1 Å². The van der Waals surface area contributed by atoms with Crippen molar-refractivity contribution in [2.24, 2.45) is 5.10 Å². The SMILES string of the molecule is C=CCOc1cccc(/C=N/NC(=O)c2cc(OC)cc(OC)c2)c1. The Labute approximate surface area is 146 Å². The number of hydrogen-bond donors (Lipinski definition) is 1. The van der Waals surface area contributed by atoms with Crippen molar-refractivity contribution in [3.63, 3.8) is 0 Å². The molecule has 0 saturated carbocycles. The number of carbonyl (C=O) groups is 1. The van der Waals surface area contributed by atoms with E-state index in [-0.39, 0.29) is 5.91 Å². The molecule has 6 nitrogen and oxygen atoms in total. The monoisotopic (exact) mass is 340 g/mol. The zero-order valence-electron chi connectivity index (χ0n) is 14.2. The number of benzene rings is 2. The van der Waals surface area contributed by atoms with E-state index in [1.54, 1.807) is 24.3 Å². The lowest BCUT2D eigenvalue weighted by molar-refractivity contribution is 0.0954. The summed E-state index contributed by atoms with van der Waals surface area (Å²) in [6.45, 7) is 4.03. The van der Waals surface area contributed by atoms with Gasteiger partial charge in [-0.05, 0) is 29.8 Å². The maximum atomic E-state index is 12.2. The smallest absolute Gasteiger partial charge is 0.271 e. The van der Waals surface area contributed by atoms with Crippen LogP contribution in [0.4, 0.5) is 0 Å². The van der Waals surface area contributed by atoms with Crippen LogP contribution in [0.3, 0.4) is 0 Å². The molecule has 2 aromatic rings. The Morgan fingerprint density at radius 2 is 1.84 bits per heavy atom. The van der Waals surface area contributed by atoms with Gasteiger partial charge >= 0.3 is 0 Å². The molecule has 0 spiro atoms. The van der Waals surface area contributed by atoms with Crippen molar-refractivity contribution in [3.8, 4) is 17.2 Å². The first-order chi connectivity index (χ1) is 12.2. The van der Waals surface area contributed by atoms with Crippen LogP contribution in [0.1, 0.15) is 15.9 Å². The predicted octanol–water partition coefficient (Wildman–Crippen LogP) is 3.03. The van der Waals surface area contributed by atoms with E-state index in [2.05, 4.69) is 17.1 Å². The average molecular weight is 340 g/mol. The molecule has 2 aromatic carbocycles. The topological polar surface area (TPSA) is 69.2 Å². The molecular formula is C19H20N2O4. The summed E-state index contributed by atoms with van der Waals surface area (Å²) >= 11 is 0.